The van der Waals surface area contributed by atoms with E-state index in [0.29, 0.717) is 11.6 Å². The lowest BCUT2D eigenvalue weighted by Gasteiger charge is -2.35. The summed E-state index contributed by atoms with van der Waals surface area (Å²) < 4.78 is 4.87. The molecule has 3 aromatic heterocycles. The van der Waals surface area contributed by atoms with Gasteiger partial charge in [-0.1, -0.05) is 6.07 Å². The molecule has 1 aliphatic heterocycles. The fourth-order valence-electron chi connectivity index (χ4n) is 2.97. The molecule has 0 saturated carbocycles. The predicted octanol–water partition coefficient (Wildman–Crippen LogP) is 1.95. The molecule has 1 N–H and O–H groups in total. The molecule has 0 radical (unpaired) electrons. The summed E-state index contributed by atoms with van der Waals surface area (Å²) in [5.74, 6) is 0.248. The quantitative estimate of drug-likeness (QED) is 0.508. The lowest BCUT2D eigenvalue weighted by atomic mass is 10.3. The van der Waals surface area contributed by atoms with Crippen molar-refractivity contribution in [1.29, 1.82) is 0 Å². The molecule has 4 heterocycles. The van der Waals surface area contributed by atoms with Crippen LogP contribution in [0.5, 0.6) is 0 Å². The molecule has 1 amide bonds. The monoisotopic (exact) mass is 395 g/mol. The summed E-state index contributed by atoms with van der Waals surface area (Å²) in [6, 6.07) is 8.20. The van der Waals surface area contributed by atoms with Crippen LogP contribution in [0.3, 0.4) is 0 Å². The zero-order valence-corrected chi connectivity index (χ0v) is 15.3. The molecule has 4 rings (SSSR count). The van der Waals surface area contributed by atoms with Gasteiger partial charge in [0.2, 0.25) is 5.95 Å². The Kier molecular flexibility index (Phi) is 5.01. The van der Waals surface area contributed by atoms with Gasteiger partial charge in [-0.15, -0.1) is 0 Å². The Bertz CT molecular complexity index is 999. The number of nitrogens with one attached hydrogen (secondary N) is 1. The summed E-state index contributed by atoms with van der Waals surface area (Å²) in [5, 5.41) is 13.2. The van der Waals surface area contributed by atoms with Crippen molar-refractivity contribution in [2.24, 2.45) is 0 Å². The van der Waals surface area contributed by atoms with Crippen molar-refractivity contribution in [3.8, 4) is 0 Å². The molecule has 148 valence electrons. The third-order valence-corrected chi connectivity index (χ3v) is 4.43. The van der Waals surface area contributed by atoms with E-state index in [0.717, 1.165) is 38.1 Å². The highest BCUT2D eigenvalue weighted by molar-refractivity contribution is 6.02. The Hall–Kier alpha value is -4.02. The molecule has 1 saturated heterocycles. The SMILES string of the molecule is O=C(Nc1cnc(N2CCN(c3ccccn3)CC2)nc1)c1ccc([N+](=O)[O-])o1. The maximum atomic E-state index is 12.1. The third-order valence-electron chi connectivity index (χ3n) is 4.43. The van der Waals surface area contributed by atoms with Gasteiger partial charge in [0, 0.05) is 32.4 Å². The normalized spacial score (nSPS) is 13.9. The second-order valence-electron chi connectivity index (χ2n) is 6.28. The Morgan fingerprint density at radius 2 is 1.76 bits per heavy atom. The van der Waals surface area contributed by atoms with Crippen LogP contribution in [-0.2, 0) is 0 Å². The van der Waals surface area contributed by atoms with E-state index >= 15 is 0 Å². The molecule has 0 aliphatic carbocycles. The van der Waals surface area contributed by atoms with Crippen LogP contribution in [0, 0.1) is 10.1 Å². The third kappa shape index (κ3) is 4.13. The second-order valence-corrected chi connectivity index (χ2v) is 6.28. The second kappa shape index (κ2) is 7.92. The van der Waals surface area contributed by atoms with Crippen LogP contribution in [-0.4, -0.2) is 52.0 Å². The first-order chi connectivity index (χ1) is 14.1. The number of nitrogens with zero attached hydrogens (tertiary/aromatic N) is 6. The van der Waals surface area contributed by atoms with Gasteiger partial charge in [-0.2, -0.15) is 0 Å². The molecular weight excluding hydrogens is 378 g/mol. The van der Waals surface area contributed by atoms with Gasteiger partial charge >= 0.3 is 5.88 Å². The van der Waals surface area contributed by atoms with E-state index in [4.69, 9.17) is 4.42 Å². The van der Waals surface area contributed by atoms with Crippen LogP contribution in [0.4, 0.5) is 23.3 Å². The average Bonchev–Trinajstić information content (AvgIpc) is 3.26. The molecule has 3 aromatic rings. The molecule has 0 atom stereocenters. The number of hydrogen-bond donors (Lipinski definition) is 1. The zero-order valence-electron chi connectivity index (χ0n) is 15.3. The summed E-state index contributed by atoms with van der Waals surface area (Å²) in [7, 11) is 0. The first kappa shape index (κ1) is 18.3. The van der Waals surface area contributed by atoms with Crippen molar-refractivity contribution in [1.82, 2.24) is 15.0 Å². The molecular formula is C18H17N7O4. The lowest BCUT2D eigenvalue weighted by Crippen LogP contribution is -2.47. The molecule has 29 heavy (non-hydrogen) atoms. The van der Waals surface area contributed by atoms with Crippen LogP contribution in [0.15, 0.2) is 53.3 Å². The number of carbonyl (C=O) groups excluding carboxylic acids is 1. The van der Waals surface area contributed by atoms with Crippen molar-refractivity contribution in [3.05, 3.63) is 64.8 Å². The summed E-state index contributed by atoms with van der Waals surface area (Å²) >= 11 is 0. The topological polar surface area (TPSA) is 131 Å². The Morgan fingerprint density at radius 3 is 2.38 bits per heavy atom. The Morgan fingerprint density at radius 1 is 1.03 bits per heavy atom. The van der Waals surface area contributed by atoms with Crippen molar-refractivity contribution < 1.29 is 14.1 Å². The number of carbonyl (C=O) groups is 1. The van der Waals surface area contributed by atoms with Gasteiger partial charge in [-0.3, -0.25) is 14.9 Å². The van der Waals surface area contributed by atoms with Gasteiger partial charge < -0.3 is 19.5 Å². The minimum absolute atomic E-state index is 0.161. The standard InChI is InChI=1S/C18H17N7O4/c26-17(14-4-5-16(29-14)25(27)28)22-13-11-20-18(21-12-13)24-9-7-23(8-10-24)15-3-1-2-6-19-15/h1-6,11-12H,7-10H2,(H,22,26). The maximum Gasteiger partial charge on any atom is 0.433 e. The number of furan rings is 1. The van der Waals surface area contributed by atoms with Crippen LogP contribution >= 0.6 is 0 Å². The number of anilines is 3. The van der Waals surface area contributed by atoms with E-state index in [1.165, 1.54) is 18.5 Å². The highest BCUT2D eigenvalue weighted by Gasteiger charge is 2.20. The van der Waals surface area contributed by atoms with Crippen LogP contribution in [0.2, 0.25) is 0 Å². The maximum absolute atomic E-state index is 12.1. The number of rotatable bonds is 5. The van der Waals surface area contributed by atoms with Gasteiger partial charge in [0.15, 0.2) is 5.76 Å². The van der Waals surface area contributed by atoms with Crippen LogP contribution in [0.25, 0.3) is 0 Å². The molecule has 1 fully saturated rings. The highest BCUT2D eigenvalue weighted by atomic mass is 16.6. The minimum atomic E-state index is -0.706. The molecule has 0 bridgehead atoms. The van der Waals surface area contributed by atoms with E-state index < -0.39 is 16.7 Å². The van der Waals surface area contributed by atoms with Gasteiger partial charge in [0.25, 0.3) is 5.91 Å². The van der Waals surface area contributed by atoms with E-state index in [9.17, 15) is 14.9 Å². The molecule has 0 aromatic carbocycles. The number of piperazine rings is 1. The van der Waals surface area contributed by atoms with E-state index in [1.54, 1.807) is 6.20 Å². The van der Waals surface area contributed by atoms with Crippen molar-refractivity contribution in [2.45, 2.75) is 0 Å². The van der Waals surface area contributed by atoms with Crippen molar-refractivity contribution in [3.63, 3.8) is 0 Å². The Balaban J connectivity index is 1.34. The van der Waals surface area contributed by atoms with Crippen molar-refractivity contribution >= 4 is 29.2 Å². The van der Waals surface area contributed by atoms with Gasteiger partial charge in [0.05, 0.1) is 24.1 Å². The number of pyridine rings is 1. The predicted molar refractivity (Wildman–Crippen MR) is 104 cm³/mol. The molecule has 0 unspecified atom stereocenters. The van der Waals surface area contributed by atoms with E-state index in [1.807, 2.05) is 18.2 Å². The average molecular weight is 395 g/mol. The first-order valence-corrected chi connectivity index (χ1v) is 8.89. The summed E-state index contributed by atoms with van der Waals surface area (Å²) in [6.45, 7) is 3.10. The molecule has 11 heteroatoms. The minimum Gasteiger partial charge on any atom is -0.395 e. The van der Waals surface area contributed by atoms with Gasteiger partial charge in [0.1, 0.15) is 10.7 Å². The first-order valence-electron chi connectivity index (χ1n) is 8.89. The number of aromatic nitrogens is 3. The Labute approximate surface area is 165 Å². The summed E-state index contributed by atoms with van der Waals surface area (Å²) in [6.07, 6.45) is 4.75. The molecule has 11 nitrogen and oxygen atoms in total. The van der Waals surface area contributed by atoms with E-state index in [2.05, 4.69) is 30.1 Å². The smallest absolute Gasteiger partial charge is 0.395 e. The molecule has 0 spiro atoms. The van der Waals surface area contributed by atoms with Crippen LogP contribution < -0.4 is 15.1 Å². The highest BCUT2D eigenvalue weighted by Crippen LogP contribution is 2.19. The zero-order chi connectivity index (χ0) is 20.2. The number of hydrogen-bond acceptors (Lipinski definition) is 9. The molecule has 1 aliphatic rings. The fourth-order valence-corrected chi connectivity index (χ4v) is 2.97. The summed E-state index contributed by atoms with van der Waals surface area (Å²) in [5.41, 5.74) is 0.366. The van der Waals surface area contributed by atoms with Gasteiger partial charge in [-0.05, 0) is 18.2 Å². The summed E-state index contributed by atoms with van der Waals surface area (Å²) in [4.78, 5) is 39.3. The van der Waals surface area contributed by atoms with Crippen LogP contribution in [0.1, 0.15) is 10.6 Å². The van der Waals surface area contributed by atoms with Gasteiger partial charge in [-0.25, -0.2) is 15.0 Å². The largest absolute Gasteiger partial charge is 0.433 e. The lowest BCUT2D eigenvalue weighted by molar-refractivity contribution is -0.402. The number of amides is 1. The van der Waals surface area contributed by atoms with E-state index in [-0.39, 0.29) is 5.76 Å². The number of nitro groups is 1. The fraction of sp³-hybridized carbons (Fsp3) is 0.222. The van der Waals surface area contributed by atoms with Crippen molar-refractivity contribution in [2.75, 3.05) is 41.3 Å².